The Balaban J connectivity index is 1.67. The minimum atomic E-state index is -0.929. The number of hydrogen-bond acceptors (Lipinski definition) is 4. The maximum Gasteiger partial charge on any atom is 0.263 e. The van der Waals surface area contributed by atoms with Crippen LogP contribution in [-0.2, 0) is 5.60 Å². The summed E-state index contributed by atoms with van der Waals surface area (Å²) in [6.45, 7) is 2.12. The number of piperidine rings is 1. The molecule has 1 aromatic carbocycles. The molecule has 2 N–H and O–H groups in total. The molecule has 0 bridgehead atoms. The van der Waals surface area contributed by atoms with Crippen LogP contribution in [0.1, 0.15) is 53.8 Å². The third-order valence-electron chi connectivity index (χ3n) is 6.17. The molecule has 1 saturated carbocycles. The zero-order valence-corrected chi connectivity index (χ0v) is 15.5. The molecule has 1 saturated heterocycles. The molecule has 2 aliphatic rings. The zero-order valence-electron chi connectivity index (χ0n) is 15.5. The Kier molecular flexibility index (Phi) is 4.60. The van der Waals surface area contributed by atoms with Gasteiger partial charge >= 0.3 is 0 Å². The predicted octanol–water partition coefficient (Wildman–Crippen LogP) is 2.37. The third kappa shape index (κ3) is 3.08. The molecule has 1 aliphatic heterocycles. The van der Waals surface area contributed by atoms with Gasteiger partial charge in [0, 0.05) is 24.7 Å². The maximum atomic E-state index is 13.1. The number of nitrogens with zero attached hydrogens (tertiary/aromatic N) is 2. The van der Waals surface area contributed by atoms with Crippen LogP contribution in [-0.4, -0.2) is 38.5 Å². The van der Waals surface area contributed by atoms with Crippen LogP contribution in [0.4, 0.5) is 0 Å². The molecule has 6 nitrogen and oxygen atoms in total. The van der Waals surface area contributed by atoms with Gasteiger partial charge in [-0.2, -0.15) is 0 Å². The van der Waals surface area contributed by atoms with Gasteiger partial charge in [0.1, 0.15) is 11.4 Å². The Hall–Kier alpha value is -2.47. The monoisotopic (exact) mass is 367 g/mol. The highest BCUT2D eigenvalue weighted by molar-refractivity contribution is 5.93. The fraction of sp³-hybridized carbons (Fsp3) is 0.476. The number of aryl methyl sites for hydroxylation is 1. The maximum absolute atomic E-state index is 13.1. The van der Waals surface area contributed by atoms with Crippen molar-refractivity contribution < 1.29 is 9.90 Å². The first-order valence-electron chi connectivity index (χ1n) is 9.65. The number of aromatic nitrogens is 2. The predicted molar refractivity (Wildman–Crippen MR) is 101 cm³/mol. The molecule has 0 spiro atoms. The molecule has 27 heavy (non-hydrogen) atoms. The van der Waals surface area contributed by atoms with E-state index < -0.39 is 11.2 Å². The molecular formula is C21H25N3O3. The molecule has 0 unspecified atom stereocenters. The SMILES string of the molecule is Cc1ncc(C(=O)N2CC[C@](O)(c3ccccc3)[C@@H]3CCCC[C@H]32)c(=O)[nH]1. The van der Waals surface area contributed by atoms with Gasteiger partial charge in [0.05, 0.1) is 5.60 Å². The van der Waals surface area contributed by atoms with E-state index in [1.54, 1.807) is 11.8 Å². The van der Waals surface area contributed by atoms with Gasteiger partial charge in [-0.05, 0) is 31.7 Å². The first-order valence-corrected chi connectivity index (χ1v) is 9.65. The summed E-state index contributed by atoms with van der Waals surface area (Å²) >= 11 is 0. The normalized spacial score (nSPS) is 27.9. The lowest BCUT2D eigenvalue weighted by Gasteiger charge is -2.52. The Morgan fingerprint density at radius 3 is 2.74 bits per heavy atom. The number of amides is 1. The van der Waals surface area contributed by atoms with Gasteiger partial charge < -0.3 is 15.0 Å². The molecule has 2 heterocycles. The second-order valence-electron chi connectivity index (χ2n) is 7.71. The number of hydrogen-bond donors (Lipinski definition) is 2. The molecule has 1 amide bonds. The summed E-state index contributed by atoms with van der Waals surface area (Å²) in [6, 6.07) is 9.71. The highest BCUT2D eigenvalue weighted by Gasteiger charge is 2.50. The van der Waals surface area contributed by atoms with Gasteiger partial charge in [0.25, 0.3) is 11.5 Å². The quantitative estimate of drug-likeness (QED) is 0.853. The number of aromatic amines is 1. The summed E-state index contributed by atoms with van der Waals surface area (Å²) in [4.78, 5) is 33.8. The van der Waals surface area contributed by atoms with E-state index in [9.17, 15) is 14.7 Å². The third-order valence-corrected chi connectivity index (χ3v) is 6.17. The summed E-state index contributed by atoms with van der Waals surface area (Å²) in [5, 5.41) is 11.6. The van der Waals surface area contributed by atoms with Crippen molar-refractivity contribution in [1.29, 1.82) is 0 Å². The van der Waals surface area contributed by atoms with Gasteiger partial charge in [-0.15, -0.1) is 0 Å². The second-order valence-corrected chi connectivity index (χ2v) is 7.71. The number of carbonyl (C=O) groups excluding carboxylic acids is 1. The standard InChI is InChI=1S/C21H25N3O3/c1-14-22-13-16(19(25)23-14)20(26)24-12-11-21(27,15-7-3-2-4-8-15)17-9-5-6-10-18(17)24/h2-4,7-8,13,17-18,27H,5-6,9-12H2,1H3,(H,22,23,25)/t17-,18-,21+/m1/s1. The molecule has 1 aromatic heterocycles. The first-order chi connectivity index (χ1) is 13.0. The topological polar surface area (TPSA) is 86.3 Å². The van der Waals surface area contributed by atoms with Crippen molar-refractivity contribution in [3.8, 4) is 0 Å². The van der Waals surface area contributed by atoms with E-state index in [0.29, 0.717) is 18.8 Å². The van der Waals surface area contributed by atoms with Crippen LogP contribution < -0.4 is 5.56 Å². The molecule has 2 aromatic rings. The molecule has 1 aliphatic carbocycles. The number of H-pyrrole nitrogens is 1. The Morgan fingerprint density at radius 1 is 1.26 bits per heavy atom. The summed E-state index contributed by atoms with van der Waals surface area (Å²) in [5.41, 5.74) is -0.330. The van der Waals surface area contributed by atoms with E-state index in [4.69, 9.17) is 0 Å². The lowest BCUT2D eigenvalue weighted by Crippen LogP contribution is -2.59. The number of nitrogens with one attached hydrogen (secondary N) is 1. The van der Waals surface area contributed by atoms with E-state index in [-0.39, 0.29) is 23.4 Å². The minimum absolute atomic E-state index is 0.0242. The number of likely N-dealkylation sites (tertiary alicyclic amines) is 1. The van der Waals surface area contributed by atoms with Crippen LogP contribution in [0.15, 0.2) is 41.3 Å². The Bertz CT molecular complexity index is 895. The number of fused-ring (bicyclic) bond motifs is 1. The molecule has 6 heteroatoms. The molecule has 0 radical (unpaired) electrons. The molecule has 2 fully saturated rings. The molecule has 4 rings (SSSR count). The fourth-order valence-corrected chi connectivity index (χ4v) is 4.81. The fourth-order valence-electron chi connectivity index (χ4n) is 4.81. The molecular weight excluding hydrogens is 342 g/mol. The van der Waals surface area contributed by atoms with Crippen molar-refractivity contribution >= 4 is 5.91 Å². The lowest BCUT2D eigenvalue weighted by molar-refractivity contribution is -0.110. The first kappa shape index (κ1) is 17.9. The van der Waals surface area contributed by atoms with E-state index >= 15 is 0 Å². The largest absolute Gasteiger partial charge is 0.385 e. The average molecular weight is 367 g/mol. The Morgan fingerprint density at radius 2 is 2.00 bits per heavy atom. The van der Waals surface area contributed by atoms with Crippen molar-refractivity contribution in [3.63, 3.8) is 0 Å². The van der Waals surface area contributed by atoms with Gasteiger partial charge in [-0.25, -0.2) is 4.98 Å². The van der Waals surface area contributed by atoms with Gasteiger partial charge in [-0.3, -0.25) is 9.59 Å². The van der Waals surface area contributed by atoms with Gasteiger partial charge in [0.2, 0.25) is 0 Å². The lowest BCUT2D eigenvalue weighted by atomic mass is 9.66. The summed E-state index contributed by atoms with van der Waals surface area (Å²) in [6.07, 6.45) is 5.64. The van der Waals surface area contributed by atoms with Crippen LogP contribution in [0, 0.1) is 12.8 Å². The number of rotatable bonds is 2. The minimum Gasteiger partial charge on any atom is -0.385 e. The molecule has 3 atom stereocenters. The van der Waals surface area contributed by atoms with Crippen molar-refractivity contribution in [3.05, 3.63) is 63.8 Å². The summed E-state index contributed by atoms with van der Waals surface area (Å²) in [7, 11) is 0. The van der Waals surface area contributed by atoms with Crippen molar-refractivity contribution in [1.82, 2.24) is 14.9 Å². The van der Waals surface area contributed by atoms with Crippen molar-refractivity contribution in [2.75, 3.05) is 6.54 Å². The smallest absolute Gasteiger partial charge is 0.263 e. The van der Waals surface area contributed by atoms with Gasteiger partial charge in [0.15, 0.2) is 0 Å². The van der Waals surface area contributed by atoms with Crippen LogP contribution >= 0.6 is 0 Å². The van der Waals surface area contributed by atoms with Crippen molar-refractivity contribution in [2.24, 2.45) is 5.92 Å². The number of carbonyl (C=O) groups is 1. The van der Waals surface area contributed by atoms with E-state index in [2.05, 4.69) is 9.97 Å². The average Bonchev–Trinajstić information content (AvgIpc) is 2.69. The highest BCUT2D eigenvalue weighted by atomic mass is 16.3. The molecule has 142 valence electrons. The van der Waals surface area contributed by atoms with E-state index in [1.165, 1.54) is 6.20 Å². The Labute approximate surface area is 158 Å². The van der Waals surface area contributed by atoms with Crippen molar-refractivity contribution in [2.45, 2.75) is 50.7 Å². The van der Waals surface area contributed by atoms with Crippen LogP contribution in [0.2, 0.25) is 0 Å². The number of benzene rings is 1. The summed E-state index contributed by atoms with van der Waals surface area (Å²) in [5.74, 6) is 0.184. The highest BCUT2D eigenvalue weighted by Crippen LogP contribution is 2.47. The van der Waals surface area contributed by atoms with Gasteiger partial charge in [-0.1, -0.05) is 43.2 Å². The number of aliphatic hydroxyl groups is 1. The van der Waals surface area contributed by atoms with E-state index in [1.807, 2.05) is 30.3 Å². The van der Waals surface area contributed by atoms with Crippen LogP contribution in [0.25, 0.3) is 0 Å². The van der Waals surface area contributed by atoms with E-state index in [0.717, 1.165) is 31.2 Å². The van der Waals surface area contributed by atoms with Crippen LogP contribution in [0.3, 0.4) is 0 Å². The summed E-state index contributed by atoms with van der Waals surface area (Å²) < 4.78 is 0. The zero-order chi connectivity index (χ0) is 19.0. The van der Waals surface area contributed by atoms with Crippen LogP contribution in [0.5, 0.6) is 0 Å². The second kappa shape index (κ2) is 6.93.